The van der Waals surface area contributed by atoms with Crippen LogP contribution < -0.4 is 16.0 Å². The molecule has 0 aliphatic rings. The van der Waals surface area contributed by atoms with E-state index in [1.165, 1.54) is 0 Å². The highest BCUT2D eigenvalue weighted by atomic mass is 16.7. The molecule has 0 heterocycles. The third kappa shape index (κ3) is 3.57. The Morgan fingerprint density at radius 1 is 1.47 bits per heavy atom. The van der Waals surface area contributed by atoms with E-state index < -0.39 is 5.97 Å². The van der Waals surface area contributed by atoms with Gasteiger partial charge in [0.2, 0.25) is 0 Å². The average molecular weight is 210 g/mol. The summed E-state index contributed by atoms with van der Waals surface area (Å²) in [5.74, 6) is 0.249. The molecule has 0 aliphatic carbocycles. The number of carbonyl (C=O) groups is 1. The first-order chi connectivity index (χ1) is 7.27. The van der Waals surface area contributed by atoms with Crippen LogP contribution in [0.5, 0.6) is 5.75 Å². The van der Waals surface area contributed by atoms with Gasteiger partial charge in [0.15, 0.2) is 0 Å². The summed E-state index contributed by atoms with van der Waals surface area (Å²) in [6, 6.07) is 7.46. The Labute approximate surface area is 88.1 Å². The van der Waals surface area contributed by atoms with Crippen molar-refractivity contribution in [3.8, 4) is 5.75 Å². The zero-order valence-corrected chi connectivity index (χ0v) is 8.53. The molecule has 0 radical (unpaired) electrons. The van der Waals surface area contributed by atoms with Crippen LogP contribution in [0.3, 0.4) is 0 Å². The van der Waals surface area contributed by atoms with Gasteiger partial charge in [0.05, 0.1) is 20.2 Å². The van der Waals surface area contributed by atoms with Crippen molar-refractivity contribution in [2.24, 2.45) is 5.73 Å². The number of methoxy groups -OCH3 is 1. The van der Waals surface area contributed by atoms with Crippen molar-refractivity contribution in [1.29, 1.82) is 0 Å². The molecule has 0 saturated heterocycles. The van der Waals surface area contributed by atoms with Crippen LogP contribution in [0.25, 0.3) is 0 Å². The van der Waals surface area contributed by atoms with Gasteiger partial charge in [-0.05, 0) is 6.07 Å². The minimum atomic E-state index is -0.495. The zero-order valence-electron chi connectivity index (χ0n) is 8.53. The van der Waals surface area contributed by atoms with Gasteiger partial charge in [-0.3, -0.25) is 0 Å². The van der Waals surface area contributed by atoms with E-state index >= 15 is 0 Å². The lowest BCUT2D eigenvalue weighted by Crippen LogP contribution is -2.25. The predicted octanol–water partition coefficient (Wildman–Crippen LogP) is 0.202. The highest BCUT2D eigenvalue weighted by molar-refractivity contribution is 5.70. The fraction of sp³-hybridized carbons (Fsp3) is 0.300. The van der Waals surface area contributed by atoms with Crippen molar-refractivity contribution in [2.45, 2.75) is 6.54 Å². The summed E-state index contributed by atoms with van der Waals surface area (Å²) in [7, 11) is 1.59. The molecule has 0 unspecified atom stereocenters. The van der Waals surface area contributed by atoms with E-state index in [1.54, 1.807) is 7.11 Å². The first-order valence-corrected chi connectivity index (χ1v) is 4.52. The van der Waals surface area contributed by atoms with E-state index in [0.29, 0.717) is 6.54 Å². The van der Waals surface area contributed by atoms with Crippen LogP contribution in [0.15, 0.2) is 24.3 Å². The Hall–Kier alpha value is -1.59. The number of ether oxygens (including phenoxy) is 1. The largest absolute Gasteiger partial charge is 0.496 e. The highest BCUT2D eigenvalue weighted by Crippen LogP contribution is 2.16. The lowest BCUT2D eigenvalue weighted by molar-refractivity contribution is -0.149. The van der Waals surface area contributed by atoms with Gasteiger partial charge in [-0.15, -0.1) is 5.48 Å². The minimum absolute atomic E-state index is 0.140. The number of rotatable bonds is 5. The molecule has 0 spiro atoms. The monoisotopic (exact) mass is 210 g/mol. The summed E-state index contributed by atoms with van der Waals surface area (Å²) < 4.78 is 5.12. The van der Waals surface area contributed by atoms with Gasteiger partial charge in [0.25, 0.3) is 0 Å². The van der Waals surface area contributed by atoms with Crippen molar-refractivity contribution in [2.75, 3.05) is 13.7 Å². The first-order valence-electron chi connectivity index (χ1n) is 4.52. The van der Waals surface area contributed by atoms with Crippen LogP contribution in [-0.4, -0.2) is 19.6 Å². The smallest absolute Gasteiger partial charge is 0.338 e. The molecular formula is C10H14N2O3. The van der Waals surface area contributed by atoms with Gasteiger partial charge < -0.3 is 15.3 Å². The maximum Gasteiger partial charge on any atom is 0.338 e. The number of para-hydroxylation sites is 1. The molecule has 15 heavy (non-hydrogen) atoms. The van der Waals surface area contributed by atoms with Crippen LogP contribution in [0.4, 0.5) is 0 Å². The van der Waals surface area contributed by atoms with Crippen LogP contribution in [0, 0.1) is 0 Å². The van der Waals surface area contributed by atoms with Crippen LogP contribution >= 0.6 is 0 Å². The Kier molecular flexibility index (Phi) is 4.59. The molecule has 0 atom stereocenters. The Balaban J connectivity index is 2.46. The van der Waals surface area contributed by atoms with Crippen molar-refractivity contribution < 1.29 is 14.4 Å². The third-order valence-corrected chi connectivity index (χ3v) is 1.81. The molecule has 0 bridgehead atoms. The summed E-state index contributed by atoms with van der Waals surface area (Å²) in [6.45, 7) is 0.245. The molecule has 1 aromatic carbocycles. The summed E-state index contributed by atoms with van der Waals surface area (Å²) in [6.07, 6.45) is 0. The fourth-order valence-electron chi connectivity index (χ4n) is 1.09. The number of hydrogen-bond acceptors (Lipinski definition) is 5. The summed E-state index contributed by atoms with van der Waals surface area (Å²) in [4.78, 5) is 15.3. The number of nitrogens with one attached hydrogen (secondary N) is 1. The average Bonchev–Trinajstić information content (AvgIpc) is 2.29. The van der Waals surface area contributed by atoms with E-state index in [2.05, 4.69) is 10.3 Å². The number of hydrogen-bond donors (Lipinski definition) is 2. The summed E-state index contributed by atoms with van der Waals surface area (Å²) >= 11 is 0. The molecule has 0 aliphatic heterocycles. The zero-order chi connectivity index (χ0) is 11.1. The van der Waals surface area contributed by atoms with Gasteiger partial charge >= 0.3 is 5.97 Å². The van der Waals surface area contributed by atoms with E-state index in [9.17, 15) is 4.79 Å². The maximum atomic E-state index is 10.7. The van der Waals surface area contributed by atoms with Gasteiger partial charge in [0.1, 0.15) is 5.75 Å². The van der Waals surface area contributed by atoms with Crippen molar-refractivity contribution in [3.05, 3.63) is 29.8 Å². The van der Waals surface area contributed by atoms with Gasteiger partial charge in [-0.1, -0.05) is 18.2 Å². The Morgan fingerprint density at radius 3 is 2.87 bits per heavy atom. The fourth-order valence-corrected chi connectivity index (χ4v) is 1.09. The SMILES string of the molecule is COc1ccccc1CNOC(=O)CN. The predicted molar refractivity (Wildman–Crippen MR) is 55.0 cm³/mol. The molecule has 0 amide bonds. The molecule has 82 valence electrons. The van der Waals surface area contributed by atoms with Gasteiger partial charge in [0, 0.05) is 5.56 Å². The molecule has 0 saturated carbocycles. The lowest BCUT2D eigenvalue weighted by Gasteiger charge is -2.08. The number of hydroxylamine groups is 1. The minimum Gasteiger partial charge on any atom is -0.496 e. The molecule has 5 heteroatoms. The standard InChI is InChI=1S/C10H14N2O3/c1-14-9-5-3-2-4-8(9)7-12-15-10(13)6-11/h2-5,12H,6-7,11H2,1H3. The van der Waals surface area contributed by atoms with Crippen molar-refractivity contribution in [1.82, 2.24) is 5.48 Å². The third-order valence-electron chi connectivity index (χ3n) is 1.81. The molecule has 1 aromatic rings. The topological polar surface area (TPSA) is 73.6 Å². The normalized spacial score (nSPS) is 9.73. The van der Waals surface area contributed by atoms with E-state index in [1.807, 2.05) is 24.3 Å². The van der Waals surface area contributed by atoms with Crippen molar-refractivity contribution >= 4 is 5.97 Å². The Bertz CT molecular complexity index is 328. The highest BCUT2D eigenvalue weighted by Gasteiger charge is 2.02. The second kappa shape index (κ2) is 6.00. The molecule has 5 nitrogen and oxygen atoms in total. The lowest BCUT2D eigenvalue weighted by atomic mass is 10.2. The van der Waals surface area contributed by atoms with E-state index in [-0.39, 0.29) is 6.54 Å². The van der Waals surface area contributed by atoms with E-state index in [0.717, 1.165) is 11.3 Å². The van der Waals surface area contributed by atoms with Crippen LogP contribution in [-0.2, 0) is 16.2 Å². The number of nitrogens with two attached hydrogens (primary N) is 1. The van der Waals surface area contributed by atoms with Crippen LogP contribution in [0.2, 0.25) is 0 Å². The summed E-state index contributed by atoms with van der Waals surface area (Å²) in [5.41, 5.74) is 8.49. The molecule has 0 aromatic heterocycles. The quantitative estimate of drug-likeness (QED) is 0.679. The van der Waals surface area contributed by atoms with Gasteiger partial charge in [-0.25, -0.2) is 4.79 Å². The summed E-state index contributed by atoms with van der Waals surface area (Å²) in [5, 5.41) is 0. The maximum absolute atomic E-state index is 10.7. The number of carbonyl (C=O) groups excluding carboxylic acids is 1. The second-order valence-corrected chi connectivity index (χ2v) is 2.81. The van der Waals surface area contributed by atoms with E-state index in [4.69, 9.17) is 10.5 Å². The molecule has 1 rings (SSSR count). The van der Waals surface area contributed by atoms with Crippen LogP contribution in [0.1, 0.15) is 5.56 Å². The first kappa shape index (κ1) is 11.5. The number of benzene rings is 1. The molecule has 0 fully saturated rings. The molecular weight excluding hydrogens is 196 g/mol. The molecule has 3 N–H and O–H groups in total. The second-order valence-electron chi connectivity index (χ2n) is 2.81. The van der Waals surface area contributed by atoms with Crippen molar-refractivity contribution in [3.63, 3.8) is 0 Å². The van der Waals surface area contributed by atoms with Gasteiger partial charge in [-0.2, -0.15) is 0 Å². The Morgan fingerprint density at radius 2 is 2.20 bits per heavy atom.